The second kappa shape index (κ2) is 12.7. The first-order valence-corrected chi connectivity index (χ1v) is 14.9. The molecule has 11 nitrogen and oxygen atoms in total. The summed E-state index contributed by atoms with van der Waals surface area (Å²) in [7, 11) is -3.65. The van der Waals surface area contributed by atoms with E-state index in [0.717, 1.165) is 6.42 Å². The molecule has 12 heteroatoms. The van der Waals surface area contributed by atoms with Crippen LogP contribution in [0.25, 0.3) is 11.5 Å². The van der Waals surface area contributed by atoms with Crippen molar-refractivity contribution in [3.63, 3.8) is 0 Å². The average Bonchev–Trinajstić information content (AvgIpc) is 3.38. The molecule has 4 rings (SSSR count). The van der Waals surface area contributed by atoms with Gasteiger partial charge in [-0.2, -0.15) is 4.31 Å². The third-order valence-corrected chi connectivity index (χ3v) is 8.24. The van der Waals surface area contributed by atoms with Gasteiger partial charge in [-0.1, -0.05) is 18.9 Å². The van der Waals surface area contributed by atoms with Gasteiger partial charge < -0.3 is 18.6 Å². The number of benzene rings is 2. The van der Waals surface area contributed by atoms with Crippen molar-refractivity contribution in [1.29, 1.82) is 0 Å². The molecule has 0 spiro atoms. The SMILES string of the molecule is CCOc1cc(-c2nnc(NC(=O)c3ccc(S(=O)(=O)N4C[C@H](C)C[C@H](C)C4)cc3)o2)cc(OCC)c1OCC. The Hall–Kier alpha value is -3.64. The number of amides is 1. The zero-order chi connectivity index (χ0) is 28.9. The van der Waals surface area contributed by atoms with Gasteiger partial charge in [-0.05, 0) is 75.4 Å². The maximum atomic E-state index is 13.1. The van der Waals surface area contributed by atoms with Crippen molar-refractivity contribution in [2.75, 3.05) is 38.2 Å². The highest BCUT2D eigenvalue weighted by atomic mass is 32.2. The zero-order valence-corrected chi connectivity index (χ0v) is 24.3. The van der Waals surface area contributed by atoms with Crippen molar-refractivity contribution in [2.24, 2.45) is 11.8 Å². The minimum atomic E-state index is -3.65. The van der Waals surface area contributed by atoms with Crippen LogP contribution in [0.5, 0.6) is 17.2 Å². The fraction of sp³-hybridized carbons (Fsp3) is 0.464. The van der Waals surface area contributed by atoms with Crippen molar-refractivity contribution < 1.29 is 31.8 Å². The maximum Gasteiger partial charge on any atom is 0.322 e. The van der Waals surface area contributed by atoms with Crippen molar-refractivity contribution >= 4 is 21.9 Å². The van der Waals surface area contributed by atoms with Crippen LogP contribution in [0.4, 0.5) is 6.01 Å². The molecule has 1 N–H and O–H groups in total. The molecule has 1 aliphatic heterocycles. The van der Waals surface area contributed by atoms with Gasteiger partial charge in [0.05, 0.1) is 24.7 Å². The summed E-state index contributed by atoms with van der Waals surface area (Å²) >= 11 is 0. The molecule has 0 saturated carbocycles. The van der Waals surface area contributed by atoms with E-state index in [-0.39, 0.29) is 22.4 Å². The summed E-state index contributed by atoms with van der Waals surface area (Å²) in [5, 5.41) is 10.6. The lowest BCUT2D eigenvalue weighted by Gasteiger charge is -2.34. The quantitative estimate of drug-likeness (QED) is 0.342. The lowest BCUT2D eigenvalue weighted by Crippen LogP contribution is -2.42. The number of sulfonamides is 1. The first-order valence-electron chi connectivity index (χ1n) is 13.5. The minimum absolute atomic E-state index is 0.113. The number of rotatable bonds is 11. The minimum Gasteiger partial charge on any atom is -0.490 e. The fourth-order valence-corrected chi connectivity index (χ4v) is 6.48. The van der Waals surface area contributed by atoms with E-state index < -0.39 is 15.9 Å². The number of hydrogen-bond donors (Lipinski definition) is 1. The van der Waals surface area contributed by atoms with E-state index in [2.05, 4.69) is 29.4 Å². The molecule has 216 valence electrons. The van der Waals surface area contributed by atoms with Crippen LogP contribution < -0.4 is 19.5 Å². The summed E-state index contributed by atoms with van der Waals surface area (Å²) in [6.07, 6.45) is 1.00. The Morgan fingerprint density at radius 1 is 0.950 bits per heavy atom. The van der Waals surface area contributed by atoms with Crippen molar-refractivity contribution in [2.45, 2.75) is 45.9 Å². The number of hydrogen-bond acceptors (Lipinski definition) is 9. The molecule has 2 heterocycles. The van der Waals surface area contributed by atoms with E-state index in [4.69, 9.17) is 18.6 Å². The first-order chi connectivity index (χ1) is 19.2. The molecule has 1 aromatic heterocycles. The largest absolute Gasteiger partial charge is 0.490 e. The third-order valence-electron chi connectivity index (χ3n) is 6.39. The Kier molecular flexibility index (Phi) is 9.31. The summed E-state index contributed by atoms with van der Waals surface area (Å²) in [5.41, 5.74) is 0.775. The normalized spacial score (nSPS) is 17.8. The Balaban J connectivity index is 1.50. The standard InChI is InChI=1S/C28H36N4O7S/c1-6-36-23-14-21(15-24(37-7-2)25(23)38-8-3)27-30-31-28(39-27)29-26(33)20-9-11-22(12-10-20)40(34,35)32-16-18(4)13-19(5)17-32/h9-12,14-15,18-19H,6-8,13,16-17H2,1-5H3,(H,29,31,33)/t18-,19+. The lowest BCUT2D eigenvalue weighted by molar-refractivity contribution is 0.102. The van der Waals surface area contributed by atoms with Gasteiger partial charge in [0.15, 0.2) is 11.5 Å². The molecule has 0 unspecified atom stereocenters. The summed E-state index contributed by atoms with van der Waals surface area (Å²) in [4.78, 5) is 13.0. The number of anilines is 1. The fourth-order valence-electron chi connectivity index (χ4n) is 4.80. The molecular weight excluding hydrogens is 536 g/mol. The van der Waals surface area contributed by atoms with E-state index >= 15 is 0 Å². The smallest absolute Gasteiger partial charge is 0.322 e. The van der Waals surface area contributed by atoms with Crippen LogP contribution in [0.15, 0.2) is 45.7 Å². The lowest BCUT2D eigenvalue weighted by atomic mass is 9.94. The highest BCUT2D eigenvalue weighted by Crippen LogP contribution is 2.42. The van der Waals surface area contributed by atoms with Crippen molar-refractivity contribution in [3.05, 3.63) is 42.0 Å². The van der Waals surface area contributed by atoms with Crippen LogP contribution in [-0.2, 0) is 10.0 Å². The van der Waals surface area contributed by atoms with Crippen LogP contribution in [0.2, 0.25) is 0 Å². The van der Waals surface area contributed by atoms with Gasteiger partial charge in [0.2, 0.25) is 21.7 Å². The number of ether oxygens (including phenoxy) is 3. The summed E-state index contributed by atoms with van der Waals surface area (Å²) < 4.78 is 50.7. The number of piperidine rings is 1. The molecule has 3 aromatic rings. The highest BCUT2D eigenvalue weighted by Gasteiger charge is 2.31. The Morgan fingerprint density at radius 2 is 1.52 bits per heavy atom. The van der Waals surface area contributed by atoms with E-state index in [9.17, 15) is 13.2 Å². The van der Waals surface area contributed by atoms with E-state index in [1.54, 1.807) is 12.1 Å². The van der Waals surface area contributed by atoms with E-state index in [0.29, 0.717) is 67.6 Å². The van der Waals surface area contributed by atoms with Crippen LogP contribution in [0.3, 0.4) is 0 Å². The van der Waals surface area contributed by atoms with E-state index in [1.807, 2.05) is 20.8 Å². The van der Waals surface area contributed by atoms with Crippen molar-refractivity contribution in [3.8, 4) is 28.7 Å². The average molecular weight is 573 g/mol. The molecule has 1 fully saturated rings. The summed E-state index contributed by atoms with van der Waals surface area (Å²) in [6, 6.07) is 9.11. The van der Waals surface area contributed by atoms with Crippen molar-refractivity contribution in [1.82, 2.24) is 14.5 Å². The molecule has 1 saturated heterocycles. The zero-order valence-electron chi connectivity index (χ0n) is 23.5. The molecule has 0 bridgehead atoms. The predicted octanol–water partition coefficient (Wildman–Crippen LogP) is 4.85. The maximum absolute atomic E-state index is 13.1. The van der Waals surface area contributed by atoms with Gasteiger partial charge in [0.25, 0.3) is 5.91 Å². The molecular formula is C28H36N4O7S. The Labute approximate surface area is 234 Å². The number of nitrogens with zero attached hydrogens (tertiary/aromatic N) is 3. The molecule has 1 aliphatic rings. The number of carbonyl (C=O) groups is 1. The highest BCUT2D eigenvalue weighted by molar-refractivity contribution is 7.89. The van der Waals surface area contributed by atoms with Gasteiger partial charge in [-0.3, -0.25) is 10.1 Å². The van der Waals surface area contributed by atoms with Gasteiger partial charge in [-0.15, -0.1) is 5.10 Å². The monoisotopic (exact) mass is 572 g/mol. The number of carbonyl (C=O) groups excluding carboxylic acids is 1. The second-order valence-electron chi connectivity index (χ2n) is 9.76. The summed E-state index contributed by atoms with van der Waals surface area (Å²) in [5.74, 6) is 1.64. The van der Waals surface area contributed by atoms with Crippen LogP contribution in [0.1, 0.15) is 51.4 Å². The van der Waals surface area contributed by atoms with Crippen LogP contribution in [0, 0.1) is 11.8 Å². The van der Waals surface area contributed by atoms with Gasteiger partial charge in [0.1, 0.15) is 0 Å². The van der Waals surface area contributed by atoms with Crippen LogP contribution in [-0.4, -0.2) is 61.7 Å². The number of nitrogens with one attached hydrogen (secondary N) is 1. The first kappa shape index (κ1) is 29.3. The van der Waals surface area contributed by atoms with Crippen LogP contribution >= 0.6 is 0 Å². The molecule has 1 amide bonds. The third kappa shape index (κ3) is 6.56. The number of aromatic nitrogens is 2. The second-order valence-corrected chi connectivity index (χ2v) is 11.7. The molecule has 2 atom stereocenters. The Morgan fingerprint density at radius 3 is 2.08 bits per heavy atom. The van der Waals surface area contributed by atoms with Gasteiger partial charge in [0, 0.05) is 24.2 Å². The molecule has 0 aliphatic carbocycles. The molecule has 40 heavy (non-hydrogen) atoms. The molecule has 0 radical (unpaired) electrons. The predicted molar refractivity (Wildman–Crippen MR) is 149 cm³/mol. The van der Waals surface area contributed by atoms with Gasteiger partial charge >= 0.3 is 6.01 Å². The molecule has 2 aromatic carbocycles. The van der Waals surface area contributed by atoms with E-state index in [1.165, 1.54) is 28.6 Å². The summed E-state index contributed by atoms with van der Waals surface area (Å²) in [6.45, 7) is 11.9. The Bertz CT molecular complexity index is 1390. The topological polar surface area (TPSA) is 133 Å². The van der Waals surface area contributed by atoms with Gasteiger partial charge in [-0.25, -0.2) is 8.42 Å².